The maximum atomic E-state index is 12.5. The highest BCUT2D eigenvalue weighted by Crippen LogP contribution is 2.36. The molecule has 7 nitrogen and oxygen atoms in total. The fraction of sp³-hybridized carbons (Fsp3) is 0.529. The number of nitriles is 1. The number of aromatic nitrogens is 1. The van der Waals surface area contributed by atoms with Crippen LogP contribution in [0.25, 0.3) is 0 Å². The summed E-state index contributed by atoms with van der Waals surface area (Å²) < 4.78 is 0. The van der Waals surface area contributed by atoms with Gasteiger partial charge in [-0.05, 0) is 25.0 Å². The summed E-state index contributed by atoms with van der Waals surface area (Å²) in [6.07, 6.45) is 5.71. The number of rotatable bonds is 3. The Labute approximate surface area is 141 Å². The summed E-state index contributed by atoms with van der Waals surface area (Å²) in [7, 11) is 0. The number of nitrogens with zero attached hydrogens (tertiary/aromatic N) is 3. The summed E-state index contributed by atoms with van der Waals surface area (Å²) in [6.45, 7) is 1.60. The SMILES string of the molecule is N#CC1(C(=O)Nc2ccc(N3CCNC(=O)C3)nc2)CCCCC1. The van der Waals surface area contributed by atoms with Gasteiger partial charge in [-0.2, -0.15) is 5.26 Å². The molecular weight excluding hydrogens is 306 g/mol. The van der Waals surface area contributed by atoms with E-state index in [1.807, 2.05) is 4.90 Å². The second-order valence-electron chi connectivity index (χ2n) is 6.39. The molecular formula is C17H21N5O2. The van der Waals surface area contributed by atoms with Crippen molar-refractivity contribution in [1.82, 2.24) is 10.3 Å². The van der Waals surface area contributed by atoms with Gasteiger partial charge in [0.1, 0.15) is 11.2 Å². The molecule has 1 saturated heterocycles. The third kappa shape index (κ3) is 3.32. The molecule has 7 heteroatoms. The molecule has 0 radical (unpaired) electrons. The van der Waals surface area contributed by atoms with Crippen LogP contribution in [0.1, 0.15) is 32.1 Å². The number of piperazine rings is 1. The number of nitrogens with one attached hydrogen (secondary N) is 2. The van der Waals surface area contributed by atoms with Gasteiger partial charge >= 0.3 is 0 Å². The van der Waals surface area contributed by atoms with E-state index < -0.39 is 5.41 Å². The Balaban J connectivity index is 1.66. The molecule has 24 heavy (non-hydrogen) atoms. The Hall–Kier alpha value is -2.62. The zero-order chi connectivity index (χ0) is 17.0. The van der Waals surface area contributed by atoms with Gasteiger partial charge < -0.3 is 15.5 Å². The van der Waals surface area contributed by atoms with Crippen LogP contribution in [0.2, 0.25) is 0 Å². The average Bonchev–Trinajstić information content (AvgIpc) is 2.63. The van der Waals surface area contributed by atoms with Crippen molar-refractivity contribution in [2.45, 2.75) is 32.1 Å². The van der Waals surface area contributed by atoms with Crippen LogP contribution in [-0.2, 0) is 9.59 Å². The van der Waals surface area contributed by atoms with Crippen LogP contribution >= 0.6 is 0 Å². The smallest absolute Gasteiger partial charge is 0.244 e. The van der Waals surface area contributed by atoms with Crippen LogP contribution < -0.4 is 15.5 Å². The van der Waals surface area contributed by atoms with Crippen LogP contribution in [0.5, 0.6) is 0 Å². The second kappa shape index (κ2) is 6.87. The number of amides is 2. The fourth-order valence-corrected chi connectivity index (χ4v) is 3.28. The van der Waals surface area contributed by atoms with Crippen LogP contribution in [-0.4, -0.2) is 36.4 Å². The van der Waals surface area contributed by atoms with E-state index in [0.717, 1.165) is 19.3 Å². The highest BCUT2D eigenvalue weighted by Gasteiger charge is 2.39. The Morgan fingerprint density at radius 1 is 1.33 bits per heavy atom. The van der Waals surface area contributed by atoms with Crippen molar-refractivity contribution in [3.63, 3.8) is 0 Å². The molecule has 0 atom stereocenters. The summed E-state index contributed by atoms with van der Waals surface area (Å²) in [4.78, 5) is 30.2. The molecule has 2 fully saturated rings. The number of hydrogen-bond donors (Lipinski definition) is 2. The molecule has 2 N–H and O–H groups in total. The van der Waals surface area contributed by atoms with Gasteiger partial charge in [0, 0.05) is 13.1 Å². The summed E-state index contributed by atoms with van der Waals surface area (Å²) >= 11 is 0. The summed E-state index contributed by atoms with van der Waals surface area (Å²) in [5, 5.41) is 15.0. The van der Waals surface area contributed by atoms with Crippen molar-refractivity contribution in [1.29, 1.82) is 5.26 Å². The lowest BCUT2D eigenvalue weighted by atomic mass is 9.74. The van der Waals surface area contributed by atoms with Crippen LogP contribution in [0.3, 0.4) is 0 Å². The molecule has 1 aliphatic heterocycles. The van der Waals surface area contributed by atoms with Crippen molar-refractivity contribution in [2.24, 2.45) is 5.41 Å². The molecule has 2 heterocycles. The zero-order valence-corrected chi connectivity index (χ0v) is 13.5. The minimum Gasteiger partial charge on any atom is -0.353 e. The number of pyridine rings is 1. The van der Waals surface area contributed by atoms with Gasteiger partial charge in [0.2, 0.25) is 11.8 Å². The van der Waals surface area contributed by atoms with E-state index in [-0.39, 0.29) is 18.4 Å². The van der Waals surface area contributed by atoms with Gasteiger partial charge in [0.05, 0.1) is 24.5 Å². The van der Waals surface area contributed by atoms with Gasteiger partial charge in [-0.3, -0.25) is 9.59 Å². The van der Waals surface area contributed by atoms with Gasteiger partial charge in [-0.25, -0.2) is 4.98 Å². The van der Waals surface area contributed by atoms with Crippen LogP contribution in [0, 0.1) is 16.7 Å². The monoisotopic (exact) mass is 327 g/mol. The molecule has 1 aromatic rings. The van der Waals surface area contributed by atoms with Crippen molar-refractivity contribution in [3.05, 3.63) is 18.3 Å². The molecule has 2 aliphatic rings. The number of hydrogen-bond acceptors (Lipinski definition) is 5. The first-order valence-electron chi connectivity index (χ1n) is 8.33. The molecule has 0 aromatic carbocycles. The van der Waals surface area contributed by atoms with E-state index in [1.165, 1.54) is 0 Å². The molecule has 3 rings (SSSR count). The first-order valence-corrected chi connectivity index (χ1v) is 8.33. The molecule has 0 spiro atoms. The van der Waals surface area contributed by atoms with E-state index >= 15 is 0 Å². The lowest BCUT2D eigenvalue weighted by Gasteiger charge is -2.29. The Bertz CT molecular complexity index is 659. The minimum atomic E-state index is -0.915. The van der Waals surface area contributed by atoms with Crippen molar-refractivity contribution < 1.29 is 9.59 Å². The molecule has 1 saturated carbocycles. The second-order valence-corrected chi connectivity index (χ2v) is 6.39. The van der Waals surface area contributed by atoms with E-state index in [1.54, 1.807) is 18.3 Å². The minimum absolute atomic E-state index is 0.0197. The van der Waals surface area contributed by atoms with Gasteiger partial charge in [0.25, 0.3) is 0 Å². The predicted octanol–water partition coefficient (Wildman–Crippen LogP) is 1.43. The molecule has 0 unspecified atom stereocenters. The first-order chi connectivity index (χ1) is 11.6. The predicted molar refractivity (Wildman–Crippen MR) is 89.2 cm³/mol. The number of carbonyl (C=O) groups is 2. The van der Waals surface area contributed by atoms with Crippen molar-refractivity contribution >= 4 is 23.3 Å². The third-order valence-corrected chi connectivity index (χ3v) is 4.72. The topological polar surface area (TPSA) is 98.1 Å². The lowest BCUT2D eigenvalue weighted by Crippen LogP contribution is -2.48. The average molecular weight is 327 g/mol. The quantitative estimate of drug-likeness (QED) is 0.875. The van der Waals surface area contributed by atoms with Gasteiger partial charge in [-0.1, -0.05) is 19.3 Å². The summed E-state index contributed by atoms with van der Waals surface area (Å²) in [5.41, 5.74) is -0.340. The highest BCUT2D eigenvalue weighted by molar-refractivity contribution is 5.97. The normalized spacial score (nSPS) is 20.0. The standard InChI is InChI=1S/C17H21N5O2/c18-12-17(6-2-1-3-7-17)16(24)21-13-4-5-14(20-10-13)22-9-8-19-15(23)11-22/h4-5,10H,1-3,6-9,11H2,(H,19,23)(H,21,24). The maximum Gasteiger partial charge on any atom is 0.244 e. The first kappa shape index (κ1) is 16.2. The van der Waals surface area contributed by atoms with E-state index in [4.69, 9.17) is 0 Å². The van der Waals surface area contributed by atoms with Gasteiger partial charge in [-0.15, -0.1) is 0 Å². The number of carbonyl (C=O) groups excluding carboxylic acids is 2. The third-order valence-electron chi connectivity index (χ3n) is 4.72. The molecule has 0 bridgehead atoms. The Morgan fingerprint density at radius 3 is 2.75 bits per heavy atom. The summed E-state index contributed by atoms with van der Waals surface area (Å²) in [6, 6.07) is 5.77. The largest absolute Gasteiger partial charge is 0.353 e. The zero-order valence-electron chi connectivity index (χ0n) is 13.5. The number of anilines is 2. The fourth-order valence-electron chi connectivity index (χ4n) is 3.28. The summed E-state index contributed by atoms with van der Waals surface area (Å²) in [5.74, 6) is 0.445. The van der Waals surface area contributed by atoms with E-state index in [2.05, 4.69) is 21.7 Å². The van der Waals surface area contributed by atoms with Crippen LogP contribution in [0.4, 0.5) is 11.5 Å². The maximum absolute atomic E-state index is 12.5. The molecule has 126 valence electrons. The van der Waals surface area contributed by atoms with E-state index in [9.17, 15) is 14.9 Å². The van der Waals surface area contributed by atoms with E-state index in [0.29, 0.717) is 37.4 Å². The molecule has 1 aromatic heterocycles. The van der Waals surface area contributed by atoms with Gasteiger partial charge in [0.15, 0.2) is 0 Å². The molecule has 1 aliphatic carbocycles. The lowest BCUT2D eigenvalue weighted by molar-refractivity contribution is -0.124. The Kier molecular flexibility index (Phi) is 4.65. The molecule has 2 amide bonds. The van der Waals surface area contributed by atoms with Crippen molar-refractivity contribution in [2.75, 3.05) is 29.9 Å². The Morgan fingerprint density at radius 2 is 2.12 bits per heavy atom. The van der Waals surface area contributed by atoms with Crippen LogP contribution in [0.15, 0.2) is 18.3 Å². The van der Waals surface area contributed by atoms with Crippen molar-refractivity contribution in [3.8, 4) is 6.07 Å². The highest BCUT2D eigenvalue weighted by atomic mass is 16.2.